The molecule has 6 heteroatoms. The third kappa shape index (κ3) is 5.54. The van der Waals surface area contributed by atoms with Gasteiger partial charge in [-0.3, -0.25) is 4.79 Å². The Morgan fingerprint density at radius 3 is 2.48 bits per heavy atom. The van der Waals surface area contributed by atoms with Gasteiger partial charge in [-0.15, -0.1) is 0 Å². The van der Waals surface area contributed by atoms with Crippen LogP contribution < -0.4 is 10.1 Å². The van der Waals surface area contributed by atoms with E-state index in [1.165, 1.54) is 25.3 Å². The zero-order valence-corrected chi connectivity index (χ0v) is 15.7. The zero-order valence-electron chi connectivity index (χ0n) is 15.7. The number of esters is 1. The number of nitrogens with one attached hydrogen (secondary N) is 1. The van der Waals surface area contributed by atoms with Gasteiger partial charge in [0.25, 0.3) is 5.91 Å². The summed E-state index contributed by atoms with van der Waals surface area (Å²) in [6, 6.07) is 11.9. The lowest BCUT2D eigenvalue weighted by atomic mass is 9.98. The molecule has 0 aliphatic rings. The highest BCUT2D eigenvalue weighted by atomic mass is 19.1. The number of benzene rings is 2. The molecule has 144 valence electrons. The average molecular weight is 373 g/mol. The molecule has 2 unspecified atom stereocenters. The molecule has 2 aromatic carbocycles. The van der Waals surface area contributed by atoms with Crippen LogP contribution in [-0.4, -0.2) is 25.0 Å². The first-order chi connectivity index (χ1) is 13.0. The highest BCUT2D eigenvalue weighted by Crippen LogP contribution is 2.21. The van der Waals surface area contributed by atoms with Crippen molar-refractivity contribution in [3.8, 4) is 5.75 Å². The molecular weight excluding hydrogens is 349 g/mol. The van der Waals surface area contributed by atoms with Gasteiger partial charge in [0.15, 0.2) is 0 Å². The van der Waals surface area contributed by atoms with E-state index in [1.54, 1.807) is 24.3 Å². The Kier molecular flexibility index (Phi) is 7.34. The molecule has 0 saturated carbocycles. The standard InChI is InChI=1S/C21H24FNO4/c1-4-14(2)19(23-20(24)15-8-6-5-7-9-15)21(25)27-13-16-12-17(22)10-11-18(16)26-3/h5-12,14,19H,4,13H2,1-3H3,(H,23,24). The van der Waals surface area contributed by atoms with Crippen LogP contribution in [-0.2, 0) is 16.1 Å². The van der Waals surface area contributed by atoms with E-state index in [0.29, 0.717) is 23.3 Å². The summed E-state index contributed by atoms with van der Waals surface area (Å²) in [5.74, 6) is -1.06. The molecule has 0 spiro atoms. The Labute approximate surface area is 158 Å². The average Bonchev–Trinajstić information content (AvgIpc) is 2.70. The van der Waals surface area contributed by atoms with Crippen LogP contribution in [0.4, 0.5) is 4.39 Å². The van der Waals surface area contributed by atoms with Crippen LogP contribution in [0.3, 0.4) is 0 Å². The number of halogens is 1. The lowest BCUT2D eigenvalue weighted by Crippen LogP contribution is -2.45. The van der Waals surface area contributed by atoms with E-state index in [1.807, 2.05) is 19.9 Å². The van der Waals surface area contributed by atoms with Crippen molar-refractivity contribution in [1.29, 1.82) is 0 Å². The van der Waals surface area contributed by atoms with E-state index < -0.39 is 17.8 Å². The maximum atomic E-state index is 13.5. The van der Waals surface area contributed by atoms with Crippen LogP contribution in [0.5, 0.6) is 5.75 Å². The number of rotatable bonds is 8. The van der Waals surface area contributed by atoms with Gasteiger partial charge in [0.1, 0.15) is 24.2 Å². The van der Waals surface area contributed by atoms with Gasteiger partial charge in [-0.25, -0.2) is 9.18 Å². The van der Waals surface area contributed by atoms with Gasteiger partial charge < -0.3 is 14.8 Å². The third-order valence-electron chi connectivity index (χ3n) is 4.40. The van der Waals surface area contributed by atoms with E-state index in [9.17, 15) is 14.0 Å². The van der Waals surface area contributed by atoms with Gasteiger partial charge in [-0.05, 0) is 36.2 Å². The van der Waals surface area contributed by atoms with Gasteiger partial charge >= 0.3 is 5.97 Å². The zero-order chi connectivity index (χ0) is 19.8. The van der Waals surface area contributed by atoms with Gasteiger partial charge in [0.05, 0.1) is 7.11 Å². The van der Waals surface area contributed by atoms with Gasteiger partial charge in [-0.1, -0.05) is 38.5 Å². The first kappa shape index (κ1) is 20.4. The number of hydrogen-bond acceptors (Lipinski definition) is 4. The minimum Gasteiger partial charge on any atom is -0.496 e. The summed E-state index contributed by atoms with van der Waals surface area (Å²) < 4.78 is 24.0. The number of amides is 1. The first-order valence-electron chi connectivity index (χ1n) is 8.81. The second kappa shape index (κ2) is 9.71. The summed E-state index contributed by atoms with van der Waals surface area (Å²) in [4.78, 5) is 25.0. The van der Waals surface area contributed by atoms with Gasteiger partial charge in [0.2, 0.25) is 0 Å². The van der Waals surface area contributed by atoms with Crippen molar-refractivity contribution in [3.05, 3.63) is 65.5 Å². The number of hydrogen-bond donors (Lipinski definition) is 1. The summed E-state index contributed by atoms with van der Waals surface area (Å²) in [6.07, 6.45) is 0.679. The van der Waals surface area contributed by atoms with Crippen LogP contribution in [0.1, 0.15) is 36.2 Å². The molecule has 1 amide bonds. The number of carbonyl (C=O) groups excluding carboxylic acids is 2. The Balaban J connectivity index is 2.09. The van der Waals surface area contributed by atoms with Gasteiger partial charge in [-0.2, -0.15) is 0 Å². The Hall–Kier alpha value is -2.89. The van der Waals surface area contributed by atoms with Gasteiger partial charge in [0, 0.05) is 11.1 Å². The number of methoxy groups -OCH3 is 1. The predicted molar refractivity (Wildman–Crippen MR) is 99.9 cm³/mol. The number of ether oxygens (including phenoxy) is 2. The van der Waals surface area contributed by atoms with Crippen LogP contribution in [0.25, 0.3) is 0 Å². The largest absolute Gasteiger partial charge is 0.496 e. The summed E-state index contributed by atoms with van der Waals surface area (Å²) in [6.45, 7) is 3.64. The molecule has 0 aliphatic heterocycles. The highest BCUT2D eigenvalue weighted by molar-refractivity contribution is 5.96. The lowest BCUT2D eigenvalue weighted by molar-refractivity contribution is -0.148. The second-order valence-corrected chi connectivity index (χ2v) is 6.27. The minimum absolute atomic E-state index is 0.125. The Bertz CT molecular complexity index is 779. The fourth-order valence-electron chi connectivity index (χ4n) is 2.58. The summed E-state index contributed by atoms with van der Waals surface area (Å²) in [5.41, 5.74) is 0.883. The molecule has 27 heavy (non-hydrogen) atoms. The lowest BCUT2D eigenvalue weighted by Gasteiger charge is -2.23. The molecule has 0 radical (unpaired) electrons. The SMILES string of the molecule is CCC(C)C(NC(=O)c1ccccc1)C(=O)OCc1cc(F)ccc1OC. The molecule has 0 bridgehead atoms. The van der Waals surface area contributed by atoms with Crippen molar-refractivity contribution in [2.75, 3.05) is 7.11 Å². The van der Waals surface area contributed by atoms with E-state index in [-0.39, 0.29) is 18.4 Å². The van der Waals surface area contributed by atoms with E-state index in [0.717, 1.165) is 0 Å². The molecular formula is C21H24FNO4. The monoisotopic (exact) mass is 373 g/mol. The van der Waals surface area contributed by atoms with Crippen LogP contribution >= 0.6 is 0 Å². The second-order valence-electron chi connectivity index (χ2n) is 6.27. The fraction of sp³-hybridized carbons (Fsp3) is 0.333. The third-order valence-corrected chi connectivity index (χ3v) is 4.40. The van der Waals surface area contributed by atoms with Crippen molar-refractivity contribution in [2.24, 2.45) is 5.92 Å². The van der Waals surface area contributed by atoms with Crippen LogP contribution in [0.2, 0.25) is 0 Å². The molecule has 0 saturated heterocycles. The maximum absolute atomic E-state index is 13.5. The molecule has 0 aliphatic carbocycles. The molecule has 5 nitrogen and oxygen atoms in total. The summed E-state index contributed by atoms with van der Waals surface area (Å²) >= 11 is 0. The number of carbonyl (C=O) groups is 2. The normalized spacial score (nSPS) is 12.7. The van der Waals surface area contributed by atoms with Crippen molar-refractivity contribution in [2.45, 2.75) is 32.9 Å². The maximum Gasteiger partial charge on any atom is 0.329 e. The van der Waals surface area contributed by atoms with Crippen molar-refractivity contribution >= 4 is 11.9 Å². The van der Waals surface area contributed by atoms with E-state index >= 15 is 0 Å². The summed E-state index contributed by atoms with van der Waals surface area (Å²) in [5, 5.41) is 2.74. The smallest absolute Gasteiger partial charge is 0.329 e. The van der Waals surface area contributed by atoms with Crippen molar-refractivity contribution < 1.29 is 23.5 Å². The predicted octanol–water partition coefficient (Wildman–Crippen LogP) is 3.72. The Morgan fingerprint density at radius 1 is 1.15 bits per heavy atom. The molecule has 2 aromatic rings. The van der Waals surface area contributed by atoms with Crippen molar-refractivity contribution in [3.63, 3.8) is 0 Å². The quantitative estimate of drug-likeness (QED) is 0.716. The molecule has 0 fully saturated rings. The minimum atomic E-state index is -0.803. The van der Waals surface area contributed by atoms with E-state index in [2.05, 4.69) is 5.32 Å². The van der Waals surface area contributed by atoms with Crippen LogP contribution in [0, 0.1) is 11.7 Å². The first-order valence-corrected chi connectivity index (χ1v) is 8.81. The van der Waals surface area contributed by atoms with Crippen molar-refractivity contribution in [1.82, 2.24) is 5.32 Å². The van der Waals surface area contributed by atoms with E-state index in [4.69, 9.17) is 9.47 Å². The molecule has 0 heterocycles. The van der Waals surface area contributed by atoms with Crippen LogP contribution in [0.15, 0.2) is 48.5 Å². The molecule has 0 aromatic heterocycles. The topological polar surface area (TPSA) is 64.6 Å². The highest BCUT2D eigenvalue weighted by Gasteiger charge is 2.28. The Morgan fingerprint density at radius 2 is 1.85 bits per heavy atom. The fourth-order valence-corrected chi connectivity index (χ4v) is 2.58. The summed E-state index contributed by atoms with van der Waals surface area (Å²) in [7, 11) is 1.46. The molecule has 1 N–H and O–H groups in total. The molecule has 2 atom stereocenters. The molecule has 2 rings (SSSR count).